The molecular weight excluding hydrogens is 276 g/mol. The van der Waals surface area contributed by atoms with Crippen molar-refractivity contribution in [3.8, 4) is 0 Å². The molecule has 0 heterocycles. The van der Waals surface area contributed by atoms with Gasteiger partial charge < -0.3 is 10.6 Å². The number of nitrogens with one attached hydrogen (secondary N) is 2. The molecule has 0 saturated carbocycles. The van der Waals surface area contributed by atoms with Crippen molar-refractivity contribution in [1.82, 2.24) is 0 Å². The molecular formula is C15H17ClN2O2. The van der Waals surface area contributed by atoms with E-state index >= 15 is 0 Å². The molecule has 0 aromatic heterocycles. The second-order valence-corrected chi connectivity index (χ2v) is 5.30. The lowest BCUT2D eigenvalue weighted by Gasteiger charge is -2.11. The number of carbonyl (C=O) groups is 2. The van der Waals surface area contributed by atoms with Crippen molar-refractivity contribution in [2.45, 2.75) is 26.2 Å². The van der Waals surface area contributed by atoms with Crippen LogP contribution in [-0.4, -0.2) is 11.8 Å². The first-order valence-electron chi connectivity index (χ1n) is 6.58. The molecule has 1 aromatic rings. The molecule has 20 heavy (non-hydrogen) atoms. The van der Waals surface area contributed by atoms with Crippen LogP contribution < -0.4 is 10.6 Å². The van der Waals surface area contributed by atoms with E-state index in [-0.39, 0.29) is 11.8 Å². The standard InChI is InChI=1S/C15H17ClN2O2/c1-10(19)17-14-7-6-12(9-13(14)16)18-15(20)8-11-4-2-3-5-11/h2,4,6-7,9,11H,3,5,8H2,1H3,(H,17,19)(H,18,20). The van der Waals surface area contributed by atoms with Crippen molar-refractivity contribution < 1.29 is 9.59 Å². The van der Waals surface area contributed by atoms with E-state index in [0.29, 0.717) is 28.7 Å². The first-order chi connectivity index (χ1) is 9.54. The molecule has 1 atom stereocenters. The van der Waals surface area contributed by atoms with Gasteiger partial charge in [-0.2, -0.15) is 0 Å². The predicted octanol–water partition coefficient (Wildman–Crippen LogP) is 3.59. The van der Waals surface area contributed by atoms with Gasteiger partial charge in [-0.05, 0) is 37.0 Å². The monoisotopic (exact) mass is 292 g/mol. The Morgan fingerprint density at radius 2 is 2.15 bits per heavy atom. The van der Waals surface area contributed by atoms with Gasteiger partial charge in [0.05, 0.1) is 10.7 Å². The van der Waals surface area contributed by atoms with Gasteiger partial charge in [0, 0.05) is 19.0 Å². The molecule has 4 nitrogen and oxygen atoms in total. The van der Waals surface area contributed by atoms with Crippen LogP contribution in [0, 0.1) is 5.92 Å². The number of amides is 2. The first-order valence-corrected chi connectivity index (χ1v) is 6.96. The fourth-order valence-corrected chi connectivity index (χ4v) is 2.43. The highest BCUT2D eigenvalue weighted by atomic mass is 35.5. The summed E-state index contributed by atoms with van der Waals surface area (Å²) in [5, 5.41) is 5.84. The van der Waals surface area contributed by atoms with Crippen LogP contribution >= 0.6 is 11.6 Å². The lowest BCUT2D eigenvalue weighted by atomic mass is 10.1. The second kappa shape index (κ2) is 6.57. The Labute approximate surface area is 123 Å². The summed E-state index contributed by atoms with van der Waals surface area (Å²) < 4.78 is 0. The molecule has 0 radical (unpaired) electrons. The minimum absolute atomic E-state index is 0.0232. The Hall–Kier alpha value is -1.81. The third-order valence-corrected chi connectivity index (χ3v) is 3.44. The van der Waals surface area contributed by atoms with E-state index in [2.05, 4.69) is 22.8 Å². The Morgan fingerprint density at radius 1 is 1.35 bits per heavy atom. The summed E-state index contributed by atoms with van der Waals surface area (Å²) in [6, 6.07) is 5.03. The van der Waals surface area contributed by atoms with E-state index in [1.807, 2.05) is 0 Å². The van der Waals surface area contributed by atoms with E-state index < -0.39 is 0 Å². The maximum absolute atomic E-state index is 11.9. The number of allylic oxidation sites excluding steroid dienone is 2. The molecule has 106 valence electrons. The SMILES string of the molecule is CC(=O)Nc1ccc(NC(=O)CC2C=CCC2)cc1Cl. The number of benzene rings is 1. The Morgan fingerprint density at radius 3 is 2.75 bits per heavy atom. The maximum Gasteiger partial charge on any atom is 0.224 e. The normalized spacial score (nSPS) is 17.0. The quantitative estimate of drug-likeness (QED) is 0.833. The van der Waals surface area contributed by atoms with Gasteiger partial charge >= 0.3 is 0 Å². The van der Waals surface area contributed by atoms with E-state index in [4.69, 9.17) is 11.6 Å². The van der Waals surface area contributed by atoms with Gasteiger partial charge in [0.2, 0.25) is 11.8 Å². The molecule has 2 rings (SSSR count). The number of hydrogen-bond donors (Lipinski definition) is 2. The van der Waals surface area contributed by atoms with Crippen LogP contribution in [0.3, 0.4) is 0 Å². The molecule has 0 aliphatic heterocycles. The zero-order valence-corrected chi connectivity index (χ0v) is 12.0. The summed E-state index contributed by atoms with van der Waals surface area (Å²) in [5.74, 6) is 0.130. The van der Waals surface area contributed by atoms with Gasteiger partial charge in [-0.15, -0.1) is 0 Å². The molecule has 0 bridgehead atoms. The van der Waals surface area contributed by atoms with E-state index in [0.717, 1.165) is 12.8 Å². The molecule has 0 spiro atoms. The molecule has 2 amide bonds. The molecule has 1 aliphatic rings. The molecule has 0 fully saturated rings. The fourth-order valence-electron chi connectivity index (χ4n) is 2.20. The van der Waals surface area contributed by atoms with Gasteiger partial charge in [0.1, 0.15) is 0 Å². The van der Waals surface area contributed by atoms with Crippen LogP contribution in [0.25, 0.3) is 0 Å². The number of rotatable bonds is 4. The topological polar surface area (TPSA) is 58.2 Å². The van der Waals surface area contributed by atoms with Crippen molar-refractivity contribution in [2.24, 2.45) is 5.92 Å². The highest BCUT2D eigenvalue weighted by Crippen LogP contribution is 2.26. The molecule has 1 unspecified atom stereocenters. The van der Waals surface area contributed by atoms with Crippen LogP contribution in [0.15, 0.2) is 30.4 Å². The Balaban J connectivity index is 1.95. The maximum atomic E-state index is 11.9. The summed E-state index contributed by atoms with van der Waals surface area (Å²) in [6.07, 6.45) is 6.77. The van der Waals surface area contributed by atoms with Crippen LogP contribution in [0.2, 0.25) is 5.02 Å². The molecule has 0 saturated heterocycles. The van der Waals surface area contributed by atoms with Gasteiger partial charge in [0.25, 0.3) is 0 Å². The summed E-state index contributed by atoms with van der Waals surface area (Å²) >= 11 is 6.05. The zero-order valence-electron chi connectivity index (χ0n) is 11.3. The van der Waals surface area contributed by atoms with Crippen molar-refractivity contribution in [3.05, 3.63) is 35.4 Å². The largest absolute Gasteiger partial charge is 0.326 e. The third kappa shape index (κ3) is 4.10. The van der Waals surface area contributed by atoms with Crippen LogP contribution in [0.5, 0.6) is 0 Å². The van der Waals surface area contributed by atoms with Gasteiger partial charge in [0.15, 0.2) is 0 Å². The van der Waals surface area contributed by atoms with Crippen LogP contribution in [-0.2, 0) is 9.59 Å². The number of halogens is 1. The van der Waals surface area contributed by atoms with Crippen LogP contribution in [0.4, 0.5) is 11.4 Å². The average molecular weight is 293 g/mol. The summed E-state index contributed by atoms with van der Waals surface area (Å²) in [4.78, 5) is 22.9. The minimum Gasteiger partial charge on any atom is -0.326 e. The first kappa shape index (κ1) is 14.6. The average Bonchev–Trinajstić information content (AvgIpc) is 2.85. The van der Waals surface area contributed by atoms with Crippen molar-refractivity contribution >= 4 is 34.8 Å². The smallest absolute Gasteiger partial charge is 0.224 e. The van der Waals surface area contributed by atoms with Gasteiger partial charge in [-0.3, -0.25) is 9.59 Å². The van der Waals surface area contributed by atoms with Crippen molar-refractivity contribution in [1.29, 1.82) is 0 Å². The zero-order chi connectivity index (χ0) is 14.5. The number of carbonyl (C=O) groups excluding carboxylic acids is 2. The fraction of sp³-hybridized carbons (Fsp3) is 0.333. The minimum atomic E-state index is -0.184. The van der Waals surface area contributed by atoms with E-state index in [1.165, 1.54) is 6.92 Å². The van der Waals surface area contributed by atoms with E-state index in [9.17, 15) is 9.59 Å². The summed E-state index contributed by atoms with van der Waals surface area (Å²) in [7, 11) is 0. The molecule has 1 aromatic carbocycles. The van der Waals surface area contributed by atoms with Gasteiger partial charge in [-0.1, -0.05) is 23.8 Å². The van der Waals surface area contributed by atoms with Gasteiger partial charge in [-0.25, -0.2) is 0 Å². The van der Waals surface area contributed by atoms with Crippen molar-refractivity contribution in [3.63, 3.8) is 0 Å². The lowest BCUT2D eigenvalue weighted by Crippen LogP contribution is -2.15. The summed E-state index contributed by atoms with van der Waals surface area (Å²) in [6.45, 7) is 1.42. The number of anilines is 2. The summed E-state index contributed by atoms with van der Waals surface area (Å²) in [5.41, 5.74) is 1.17. The highest BCUT2D eigenvalue weighted by molar-refractivity contribution is 6.34. The Kier molecular flexibility index (Phi) is 4.79. The second-order valence-electron chi connectivity index (χ2n) is 4.89. The third-order valence-electron chi connectivity index (χ3n) is 3.12. The van der Waals surface area contributed by atoms with E-state index in [1.54, 1.807) is 18.2 Å². The lowest BCUT2D eigenvalue weighted by molar-refractivity contribution is -0.117. The predicted molar refractivity (Wildman–Crippen MR) is 80.9 cm³/mol. The molecule has 2 N–H and O–H groups in total. The Bertz CT molecular complexity index is 555. The highest BCUT2D eigenvalue weighted by Gasteiger charge is 2.14. The number of hydrogen-bond acceptors (Lipinski definition) is 2. The van der Waals surface area contributed by atoms with Crippen LogP contribution in [0.1, 0.15) is 26.2 Å². The van der Waals surface area contributed by atoms with Crippen molar-refractivity contribution in [2.75, 3.05) is 10.6 Å². The molecule has 5 heteroatoms. The molecule has 1 aliphatic carbocycles.